The average Bonchev–Trinajstić information content (AvgIpc) is 2.52. The zero-order valence-corrected chi connectivity index (χ0v) is 15.9. The maximum absolute atomic E-state index is 12.7. The fraction of sp³-hybridized carbons (Fsp3) is 0.526. The average molecular weight is 348 g/mol. The minimum absolute atomic E-state index is 0.0546. The maximum atomic E-state index is 12.7. The second-order valence-corrected chi connectivity index (χ2v) is 7.20. The van der Waals surface area contributed by atoms with Crippen molar-refractivity contribution in [3.8, 4) is 0 Å². The number of nitrogens with one attached hydrogen (secondary N) is 1. The summed E-state index contributed by atoms with van der Waals surface area (Å²) in [5.41, 5.74) is 0.650. The molecule has 0 spiro atoms. The van der Waals surface area contributed by atoms with E-state index in [1.165, 1.54) is 7.11 Å². The summed E-state index contributed by atoms with van der Waals surface area (Å²) in [5.74, 6) is -0.716. The third kappa shape index (κ3) is 6.57. The number of carbonyl (C=O) groups excluding carboxylic acids is 3. The lowest BCUT2D eigenvalue weighted by Gasteiger charge is -2.26. The summed E-state index contributed by atoms with van der Waals surface area (Å²) in [6.45, 7) is 9.79. The van der Waals surface area contributed by atoms with Crippen molar-refractivity contribution in [2.24, 2.45) is 0 Å². The van der Waals surface area contributed by atoms with Gasteiger partial charge in [0, 0.05) is 29.3 Å². The summed E-state index contributed by atoms with van der Waals surface area (Å²) in [4.78, 5) is 37.7. The van der Waals surface area contributed by atoms with Gasteiger partial charge in [0.05, 0.1) is 13.5 Å². The molecule has 0 aromatic heterocycles. The van der Waals surface area contributed by atoms with Crippen LogP contribution in [0.2, 0.25) is 0 Å². The van der Waals surface area contributed by atoms with Crippen molar-refractivity contribution in [1.29, 1.82) is 0 Å². The Hall–Kier alpha value is -2.37. The summed E-state index contributed by atoms with van der Waals surface area (Å²) < 4.78 is 4.63. The smallest absolute Gasteiger partial charge is 0.307 e. The third-order valence-electron chi connectivity index (χ3n) is 3.55. The number of carbonyl (C=O) groups is 3. The molecule has 0 bridgehead atoms. The molecule has 0 atom stereocenters. The van der Waals surface area contributed by atoms with Gasteiger partial charge in [-0.05, 0) is 58.9 Å². The Balaban J connectivity index is 2.86. The van der Waals surface area contributed by atoms with E-state index < -0.39 is 0 Å². The van der Waals surface area contributed by atoms with Gasteiger partial charge in [-0.1, -0.05) is 0 Å². The molecule has 2 amide bonds. The van der Waals surface area contributed by atoms with Crippen LogP contribution in [-0.2, 0) is 9.53 Å². The van der Waals surface area contributed by atoms with Crippen molar-refractivity contribution in [1.82, 2.24) is 10.2 Å². The normalized spacial score (nSPS) is 11.2. The van der Waals surface area contributed by atoms with E-state index in [4.69, 9.17) is 0 Å². The maximum Gasteiger partial charge on any atom is 0.307 e. The zero-order valence-electron chi connectivity index (χ0n) is 15.9. The molecule has 0 heterocycles. The highest BCUT2D eigenvalue weighted by molar-refractivity contribution is 5.98. The zero-order chi connectivity index (χ0) is 19.2. The summed E-state index contributed by atoms with van der Waals surface area (Å²) in [7, 11) is 1.32. The van der Waals surface area contributed by atoms with E-state index in [0.29, 0.717) is 11.1 Å². The molecule has 25 heavy (non-hydrogen) atoms. The number of nitrogens with zero attached hydrogens (tertiary/aromatic N) is 1. The topological polar surface area (TPSA) is 75.7 Å². The molecule has 138 valence electrons. The highest BCUT2D eigenvalue weighted by Gasteiger charge is 2.21. The standard InChI is InChI=1S/C19H28N2O4/c1-13(2)21(12-11-16(22)25-6)18(24)15-9-7-14(8-10-15)17(23)20-19(3,4)5/h7-10,13H,11-12H2,1-6H3,(H,20,23). The van der Waals surface area contributed by atoms with Gasteiger partial charge in [-0.3, -0.25) is 14.4 Å². The minimum atomic E-state index is -0.354. The second kappa shape index (κ2) is 8.65. The van der Waals surface area contributed by atoms with Gasteiger partial charge in [-0.25, -0.2) is 0 Å². The molecule has 0 unspecified atom stereocenters. The van der Waals surface area contributed by atoms with Crippen LogP contribution in [-0.4, -0.2) is 47.9 Å². The number of benzene rings is 1. The number of methoxy groups -OCH3 is 1. The van der Waals surface area contributed by atoms with Crippen LogP contribution in [0.3, 0.4) is 0 Å². The Morgan fingerprint density at radius 2 is 1.60 bits per heavy atom. The lowest BCUT2D eigenvalue weighted by Crippen LogP contribution is -2.40. The molecule has 1 rings (SSSR count). The molecule has 0 aliphatic carbocycles. The summed E-state index contributed by atoms with van der Waals surface area (Å²) in [5, 5.41) is 2.88. The molecule has 1 N–H and O–H groups in total. The molecule has 6 nitrogen and oxygen atoms in total. The molecule has 0 aliphatic heterocycles. The highest BCUT2D eigenvalue weighted by atomic mass is 16.5. The number of ether oxygens (including phenoxy) is 1. The largest absolute Gasteiger partial charge is 0.469 e. The first-order valence-corrected chi connectivity index (χ1v) is 8.35. The van der Waals surface area contributed by atoms with E-state index in [2.05, 4.69) is 10.1 Å². The molecule has 0 fully saturated rings. The molecular weight excluding hydrogens is 320 g/mol. The van der Waals surface area contributed by atoms with Crippen molar-refractivity contribution in [2.45, 2.75) is 52.6 Å². The van der Waals surface area contributed by atoms with E-state index >= 15 is 0 Å². The van der Waals surface area contributed by atoms with Crippen molar-refractivity contribution in [3.63, 3.8) is 0 Å². The number of amides is 2. The van der Waals surface area contributed by atoms with Crippen LogP contribution in [0, 0.1) is 0 Å². The minimum Gasteiger partial charge on any atom is -0.469 e. The Labute approximate surface area is 149 Å². The van der Waals surface area contributed by atoms with Crippen molar-refractivity contribution >= 4 is 17.8 Å². The Morgan fingerprint density at radius 1 is 1.08 bits per heavy atom. The van der Waals surface area contributed by atoms with Gasteiger partial charge in [-0.15, -0.1) is 0 Å². The highest BCUT2D eigenvalue weighted by Crippen LogP contribution is 2.12. The number of rotatable bonds is 6. The van der Waals surface area contributed by atoms with Crippen LogP contribution in [0.1, 0.15) is 61.8 Å². The lowest BCUT2D eigenvalue weighted by atomic mass is 10.1. The molecule has 0 aliphatic rings. The first kappa shape index (κ1) is 20.7. The van der Waals surface area contributed by atoms with E-state index in [-0.39, 0.29) is 42.3 Å². The second-order valence-electron chi connectivity index (χ2n) is 7.20. The SMILES string of the molecule is COC(=O)CCN(C(=O)c1ccc(C(=O)NC(C)(C)C)cc1)C(C)C. The third-order valence-corrected chi connectivity index (χ3v) is 3.55. The Kier molecular flexibility index (Phi) is 7.15. The Bertz CT molecular complexity index is 615. The van der Waals surface area contributed by atoms with E-state index in [1.54, 1.807) is 29.2 Å². The lowest BCUT2D eigenvalue weighted by molar-refractivity contribution is -0.140. The van der Waals surface area contributed by atoms with Crippen molar-refractivity contribution in [2.75, 3.05) is 13.7 Å². The fourth-order valence-corrected chi connectivity index (χ4v) is 2.25. The van der Waals surface area contributed by atoms with E-state index in [1.807, 2.05) is 34.6 Å². The van der Waals surface area contributed by atoms with Crippen molar-refractivity contribution < 1.29 is 19.1 Å². The molecule has 1 aromatic rings. The van der Waals surface area contributed by atoms with Crippen LogP contribution in [0.15, 0.2) is 24.3 Å². The number of hydrogen-bond acceptors (Lipinski definition) is 4. The van der Waals surface area contributed by atoms with Crippen LogP contribution < -0.4 is 5.32 Å². The predicted molar refractivity (Wildman–Crippen MR) is 96.5 cm³/mol. The molecule has 0 saturated heterocycles. The summed E-state index contributed by atoms with van der Waals surface area (Å²) >= 11 is 0. The fourth-order valence-electron chi connectivity index (χ4n) is 2.25. The van der Waals surface area contributed by atoms with Gasteiger partial charge in [0.25, 0.3) is 11.8 Å². The summed E-state index contributed by atoms with van der Waals surface area (Å²) in [6.07, 6.45) is 0.145. The molecule has 1 aromatic carbocycles. The van der Waals surface area contributed by atoms with Crippen LogP contribution in [0.4, 0.5) is 0 Å². The number of hydrogen-bond donors (Lipinski definition) is 1. The monoisotopic (exact) mass is 348 g/mol. The summed E-state index contributed by atoms with van der Waals surface area (Å²) in [6, 6.07) is 6.47. The molecule has 0 saturated carbocycles. The van der Waals surface area contributed by atoms with Crippen LogP contribution in [0.25, 0.3) is 0 Å². The molecule has 6 heteroatoms. The van der Waals surface area contributed by atoms with Gasteiger partial charge in [-0.2, -0.15) is 0 Å². The Morgan fingerprint density at radius 3 is 2.04 bits per heavy atom. The predicted octanol–water partition coefficient (Wildman–Crippen LogP) is 2.63. The van der Waals surface area contributed by atoms with E-state index in [9.17, 15) is 14.4 Å². The first-order valence-electron chi connectivity index (χ1n) is 8.35. The molecule has 0 radical (unpaired) electrons. The van der Waals surface area contributed by atoms with E-state index in [0.717, 1.165) is 0 Å². The van der Waals surface area contributed by atoms with Crippen LogP contribution >= 0.6 is 0 Å². The van der Waals surface area contributed by atoms with Crippen LogP contribution in [0.5, 0.6) is 0 Å². The van der Waals surface area contributed by atoms with Gasteiger partial charge >= 0.3 is 5.97 Å². The van der Waals surface area contributed by atoms with Gasteiger partial charge in [0.1, 0.15) is 0 Å². The quantitative estimate of drug-likeness (QED) is 0.802. The first-order chi connectivity index (χ1) is 11.5. The van der Waals surface area contributed by atoms with Gasteiger partial charge < -0.3 is 15.0 Å². The number of esters is 1. The van der Waals surface area contributed by atoms with Crippen molar-refractivity contribution in [3.05, 3.63) is 35.4 Å². The molecular formula is C19H28N2O4. The van der Waals surface area contributed by atoms with Gasteiger partial charge in [0.2, 0.25) is 0 Å². The van der Waals surface area contributed by atoms with Gasteiger partial charge in [0.15, 0.2) is 0 Å².